The molecule has 6 heteroatoms. The number of sulfonamides is 1. The van der Waals surface area contributed by atoms with Gasteiger partial charge in [0.2, 0.25) is 10.0 Å². The number of ketones is 1. The number of rotatable bonds is 3. The highest BCUT2D eigenvalue weighted by Crippen LogP contribution is 2.22. The Morgan fingerprint density at radius 1 is 1.25 bits per heavy atom. The minimum absolute atomic E-state index is 0.0812. The second-order valence-electron chi connectivity index (χ2n) is 5.15. The molecule has 0 saturated carbocycles. The number of benzene rings is 1. The summed E-state index contributed by atoms with van der Waals surface area (Å²) in [5.74, 6) is -0.0812. The standard InChI is InChI=1S/C14H19NO4S/c1-10-9-19-11(2)8-15(10)20(17,18)14-6-4-13(5-7-14)12(3)16/h4-7,10-11H,8-9H2,1-3H3. The van der Waals surface area contributed by atoms with Crippen molar-refractivity contribution >= 4 is 15.8 Å². The Balaban J connectivity index is 2.31. The van der Waals surface area contributed by atoms with Gasteiger partial charge in [-0.3, -0.25) is 4.79 Å². The lowest BCUT2D eigenvalue weighted by Crippen LogP contribution is -2.50. The fourth-order valence-corrected chi connectivity index (χ4v) is 3.90. The van der Waals surface area contributed by atoms with Crippen molar-refractivity contribution in [1.82, 2.24) is 4.31 Å². The van der Waals surface area contributed by atoms with Crippen LogP contribution < -0.4 is 0 Å². The highest BCUT2D eigenvalue weighted by Gasteiger charge is 2.34. The third-order valence-corrected chi connectivity index (χ3v) is 5.41. The summed E-state index contributed by atoms with van der Waals surface area (Å²) in [4.78, 5) is 11.4. The third kappa shape index (κ3) is 2.92. The van der Waals surface area contributed by atoms with E-state index in [2.05, 4.69) is 0 Å². The maximum atomic E-state index is 12.6. The van der Waals surface area contributed by atoms with Crippen LogP contribution in [0.1, 0.15) is 31.1 Å². The van der Waals surface area contributed by atoms with E-state index in [1.807, 2.05) is 13.8 Å². The van der Waals surface area contributed by atoms with Crippen molar-refractivity contribution < 1.29 is 17.9 Å². The third-order valence-electron chi connectivity index (χ3n) is 3.42. The Bertz CT molecular complexity index is 594. The molecule has 0 spiro atoms. The smallest absolute Gasteiger partial charge is 0.243 e. The van der Waals surface area contributed by atoms with Crippen molar-refractivity contribution in [3.63, 3.8) is 0 Å². The van der Waals surface area contributed by atoms with E-state index >= 15 is 0 Å². The zero-order chi connectivity index (χ0) is 14.9. The van der Waals surface area contributed by atoms with Gasteiger partial charge >= 0.3 is 0 Å². The van der Waals surface area contributed by atoms with Crippen molar-refractivity contribution in [2.75, 3.05) is 13.2 Å². The van der Waals surface area contributed by atoms with Crippen molar-refractivity contribution in [2.45, 2.75) is 37.8 Å². The second-order valence-corrected chi connectivity index (χ2v) is 7.04. The number of carbonyl (C=O) groups is 1. The van der Waals surface area contributed by atoms with Gasteiger partial charge in [-0.1, -0.05) is 12.1 Å². The van der Waals surface area contributed by atoms with Crippen LogP contribution in [0.2, 0.25) is 0 Å². The topological polar surface area (TPSA) is 63.7 Å². The van der Waals surface area contributed by atoms with Crippen LogP contribution in [0, 0.1) is 0 Å². The first-order valence-corrected chi connectivity index (χ1v) is 8.01. The Hall–Kier alpha value is -1.24. The van der Waals surface area contributed by atoms with Crippen molar-refractivity contribution in [1.29, 1.82) is 0 Å². The van der Waals surface area contributed by atoms with Crippen molar-refractivity contribution in [2.24, 2.45) is 0 Å². The Kier molecular flexibility index (Phi) is 4.27. The SMILES string of the molecule is CC(=O)c1ccc(S(=O)(=O)N2CC(C)OCC2C)cc1. The van der Waals surface area contributed by atoms with Gasteiger partial charge in [0.05, 0.1) is 17.6 Å². The number of hydrogen-bond donors (Lipinski definition) is 0. The molecule has 110 valence electrons. The lowest BCUT2D eigenvalue weighted by Gasteiger charge is -2.35. The number of hydrogen-bond acceptors (Lipinski definition) is 4. The first-order valence-electron chi connectivity index (χ1n) is 6.57. The average Bonchev–Trinajstić information content (AvgIpc) is 2.41. The van der Waals surface area contributed by atoms with Gasteiger partial charge < -0.3 is 4.74 Å². The zero-order valence-electron chi connectivity index (χ0n) is 11.9. The first kappa shape index (κ1) is 15.2. The lowest BCUT2D eigenvalue weighted by molar-refractivity contribution is -0.0170. The maximum Gasteiger partial charge on any atom is 0.243 e. The Morgan fingerprint density at radius 2 is 1.85 bits per heavy atom. The molecule has 0 aromatic heterocycles. The number of morpholine rings is 1. The van der Waals surface area contributed by atoms with E-state index in [1.54, 1.807) is 12.1 Å². The molecule has 1 aromatic carbocycles. The second kappa shape index (κ2) is 5.63. The van der Waals surface area contributed by atoms with Crippen LogP contribution in [-0.2, 0) is 14.8 Å². The quantitative estimate of drug-likeness (QED) is 0.796. The van der Waals surface area contributed by atoms with E-state index in [4.69, 9.17) is 4.74 Å². The van der Waals surface area contributed by atoms with Crippen molar-refractivity contribution in [3.8, 4) is 0 Å². The monoisotopic (exact) mass is 297 g/mol. The van der Waals surface area contributed by atoms with Gasteiger partial charge in [-0.2, -0.15) is 4.31 Å². The molecular weight excluding hydrogens is 278 g/mol. The molecule has 0 amide bonds. The predicted octanol–water partition coefficient (Wildman–Crippen LogP) is 1.69. The van der Waals surface area contributed by atoms with E-state index in [0.717, 1.165) is 0 Å². The molecule has 5 nitrogen and oxygen atoms in total. The normalized spacial score (nSPS) is 24.6. The highest BCUT2D eigenvalue weighted by molar-refractivity contribution is 7.89. The van der Waals surface area contributed by atoms with Crippen LogP contribution in [0.3, 0.4) is 0 Å². The van der Waals surface area contributed by atoms with Crippen LogP contribution in [0.15, 0.2) is 29.2 Å². The van der Waals surface area contributed by atoms with Gasteiger partial charge in [-0.15, -0.1) is 0 Å². The van der Waals surface area contributed by atoms with Gasteiger partial charge in [0, 0.05) is 18.2 Å². The van der Waals surface area contributed by atoms with Crippen LogP contribution in [0.4, 0.5) is 0 Å². The summed E-state index contributed by atoms with van der Waals surface area (Å²) in [6.45, 7) is 5.87. The molecule has 1 aliphatic heterocycles. The van der Waals surface area contributed by atoms with Gasteiger partial charge in [0.1, 0.15) is 0 Å². The largest absolute Gasteiger partial charge is 0.375 e. The summed E-state index contributed by atoms with van der Waals surface area (Å²) in [5.41, 5.74) is 0.507. The molecule has 1 heterocycles. The molecule has 20 heavy (non-hydrogen) atoms. The van der Waals surface area contributed by atoms with Crippen molar-refractivity contribution in [3.05, 3.63) is 29.8 Å². The number of Topliss-reactive ketones (excluding diaryl/α,β-unsaturated/α-hetero) is 1. The summed E-state index contributed by atoms with van der Waals surface area (Å²) >= 11 is 0. The number of carbonyl (C=O) groups excluding carboxylic acids is 1. The predicted molar refractivity (Wildman–Crippen MR) is 75.2 cm³/mol. The zero-order valence-corrected chi connectivity index (χ0v) is 12.7. The summed E-state index contributed by atoms with van der Waals surface area (Å²) in [6, 6.07) is 5.87. The Morgan fingerprint density at radius 3 is 2.40 bits per heavy atom. The fourth-order valence-electron chi connectivity index (χ4n) is 2.20. The average molecular weight is 297 g/mol. The van der Waals surface area contributed by atoms with E-state index < -0.39 is 10.0 Å². The lowest BCUT2D eigenvalue weighted by atomic mass is 10.2. The van der Waals surface area contributed by atoms with Crippen LogP contribution in [-0.4, -0.2) is 43.8 Å². The summed E-state index contributed by atoms with van der Waals surface area (Å²) in [7, 11) is -3.54. The van der Waals surface area contributed by atoms with Gasteiger partial charge in [-0.25, -0.2) is 8.42 Å². The fraction of sp³-hybridized carbons (Fsp3) is 0.500. The summed E-state index contributed by atoms with van der Waals surface area (Å²) in [5, 5.41) is 0. The van der Waals surface area contributed by atoms with Gasteiger partial charge in [0.25, 0.3) is 0 Å². The molecular formula is C14H19NO4S. The number of ether oxygens (including phenoxy) is 1. The summed E-state index contributed by atoms with van der Waals surface area (Å²) < 4.78 is 32.1. The highest BCUT2D eigenvalue weighted by atomic mass is 32.2. The molecule has 0 aliphatic carbocycles. The van der Waals surface area contributed by atoms with Gasteiger partial charge in [0.15, 0.2) is 5.78 Å². The maximum absolute atomic E-state index is 12.6. The molecule has 0 bridgehead atoms. The van der Waals surface area contributed by atoms with E-state index in [1.165, 1.54) is 23.4 Å². The number of nitrogens with zero attached hydrogens (tertiary/aromatic N) is 1. The molecule has 1 aliphatic rings. The van der Waals surface area contributed by atoms with Crippen LogP contribution in [0.25, 0.3) is 0 Å². The molecule has 2 atom stereocenters. The molecule has 0 radical (unpaired) electrons. The first-order chi connectivity index (χ1) is 9.32. The molecule has 1 aromatic rings. The minimum Gasteiger partial charge on any atom is -0.375 e. The van der Waals surface area contributed by atoms with Gasteiger partial charge in [-0.05, 0) is 32.9 Å². The Labute approximate surface area is 119 Å². The van der Waals surface area contributed by atoms with E-state index in [0.29, 0.717) is 18.7 Å². The van der Waals surface area contributed by atoms with Crippen LogP contribution >= 0.6 is 0 Å². The molecule has 0 N–H and O–H groups in total. The molecule has 2 rings (SSSR count). The van der Waals surface area contributed by atoms with E-state index in [-0.39, 0.29) is 22.8 Å². The molecule has 2 unspecified atom stereocenters. The summed E-state index contributed by atoms with van der Waals surface area (Å²) in [6.07, 6.45) is -0.113. The molecule has 1 saturated heterocycles. The minimum atomic E-state index is -3.54. The van der Waals surface area contributed by atoms with Crippen LogP contribution in [0.5, 0.6) is 0 Å². The molecule has 1 fully saturated rings. The van der Waals surface area contributed by atoms with E-state index in [9.17, 15) is 13.2 Å².